The number of nitrogens with one attached hydrogen (secondary N) is 1. The molecule has 0 saturated heterocycles. The number of benzene rings is 1. The number of nitro benzene ring substituents is 1. The third-order valence-corrected chi connectivity index (χ3v) is 3.05. The average molecular weight is 286 g/mol. The van der Waals surface area contributed by atoms with Crippen LogP contribution in [0.1, 0.15) is 17.3 Å². The number of hydrogen-bond donors (Lipinski definition) is 1. The van der Waals surface area contributed by atoms with Gasteiger partial charge < -0.3 is 10.2 Å². The average Bonchev–Trinajstić information content (AvgIpc) is 2.38. The Morgan fingerprint density at radius 3 is 2.79 bits per heavy atom. The largest absolute Gasteiger partial charge is 0.351 e. The van der Waals surface area contributed by atoms with Crippen LogP contribution in [0.4, 0.5) is 5.69 Å². The van der Waals surface area contributed by atoms with Crippen LogP contribution in [0.15, 0.2) is 18.2 Å². The molecule has 0 unspecified atom stereocenters. The monoisotopic (exact) mass is 285 g/mol. The summed E-state index contributed by atoms with van der Waals surface area (Å²) in [5.74, 6) is -0.404. The van der Waals surface area contributed by atoms with Gasteiger partial charge in [0.05, 0.1) is 15.5 Å². The van der Waals surface area contributed by atoms with Crippen molar-refractivity contribution < 1.29 is 9.72 Å². The molecular formula is C12H16ClN3O3. The molecule has 0 saturated carbocycles. The molecule has 6 nitrogen and oxygen atoms in total. The SMILES string of the molecule is CCN(C)CCNC(=O)c1cc([N+](=O)[O-])ccc1Cl. The highest BCUT2D eigenvalue weighted by molar-refractivity contribution is 6.33. The van der Waals surface area contributed by atoms with Crippen molar-refractivity contribution in [3.05, 3.63) is 38.9 Å². The highest BCUT2D eigenvalue weighted by Gasteiger charge is 2.15. The van der Waals surface area contributed by atoms with E-state index >= 15 is 0 Å². The lowest BCUT2D eigenvalue weighted by molar-refractivity contribution is -0.384. The predicted octanol–water partition coefficient (Wildman–Crippen LogP) is 1.93. The Bertz CT molecular complexity index is 479. The van der Waals surface area contributed by atoms with Crippen molar-refractivity contribution in [2.75, 3.05) is 26.7 Å². The molecule has 0 aromatic heterocycles. The van der Waals surface area contributed by atoms with E-state index in [0.29, 0.717) is 13.1 Å². The van der Waals surface area contributed by atoms with Gasteiger partial charge in [0.2, 0.25) is 0 Å². The maximum atomic E-state index is 11.9. The Morgan fingerprint density at radius 1 is 1.53 bits per heavy atom. The number of nitro groups is 1. The Kier molecular flexibility index (Phi) is 5.72. The van der Waals surface area contributed by atoms with E-state index in [9.17, 15) is 14.9 Å². The molecule has 0 bridgehead atoms. The first-order chi connectivity index (χ1) is 8.95. The summed E-state index contributed by atoms with van der Waals surface area (Å²) in [7, 11) is 1.94. The summed E-state index contributed by atoms with van der Waals surface area (Å²) in [6, 6.07) is 3.80. The Hall–Kier alpha value is -1.66. The van der Waals surface area contributed by atoms with Gasteiger partial charge in [-0.15, -0.1) is 0 Å². The molecule has 1 aromatic rings. The summed E-state index contributed by atoms with van der Waals surface area (Å²) in [5.41, 5.74) is -0.0322. The summed E-state index contributed by atoms with van der Waals surface area (Å²) in [5, 5.41) is 13.5. The molecular weight excluding hydrogens is 270 g/mol. The Morgan fingerprint density at radius 2 is 2.21 bits per heavy atom. The van der Waals surface area contributed by atoms with Gasteiger partial charge in [-0.25, -0.2) is 0 Å². The lowest BCUT2D eigenvalue weighted by Gasteiger charge is -2.14. The van der Waals surface area contributed by atoms with Crippen molar-refractivity contribution in [1.82, 2.24) is 10.2 Å². The lowest BCUT2D eigenvalue weighted by atomic mass is 10.2. The molecule has 0 atom stereocenters. The van der Waals surface area contributed by atoms with Crippen molar-refractivity contribution in [3.8, 4) is 0 Å². The van der Waals surface area contributed by atoms with Gasteiger partial charge in [-0.1, -0.05) is 18.5 Å². The molecule has 104 valence electrons. The molecule has 19 heavy (non-hydrogen) atoms. The predicted molar refractivity (Wildman–Crippen MR) is 73.6 cm³/mol. The number of likely N-dealkylation sites (N-methyl/N-ethyl adjacent to an activating group) is 1. The molecule has 0 aliphatic carbocycles. The first-order valence-electron chi connectivity index (χ1n) is 5.86. The second kappa shape index (κ2) is 7.06. The normalized spacial score (nSPS) is 10.5. The van der Waals surface area contributed by atoms with Crippen LogP contribution in [0.2, 0.25) is 5.02 Å². The highest BCUT2D eigenvalue weighted by Crippen LogP contribution is 2.21. The van der Waals surface area contributed by atoms with Crippen LogP contribution in [0.5, 0.6) is 0 Å². The summed E-state index contributed by atoms with van der Waals surface area (Å²) in [4.78, 5) is 24.0. The second-order valence-electron chi connectivity index (χ2n) is 4.07. The first kappa shape index (κ1) is 15.4. The number of carbonyl (C=O) groups excluding carboxylic acids is 1. The molecule has 1 aromatic carbocycles. The van der Waals surface area contributed by atoms with E-state index in [2.05, 4.69) is 5.32 Å². The van der Waals surface area contributed by atoms with Crippen molar-refractivity contribution in [1.29, 1.82) is 0 Å². The van der Waals surface area contributed by atoms with Gasteiger partial charge in [0.15, 0.2) is 0 Å². The lowest BCUT2D eigenvalue weighted by Crippen LogP contribution is -2.33. The van der Waals surface area contributed by atoms with Gasteiger partial charge in [-0.2, -0.15) is 0 Å². The van der Waals surface area contributed by atoms with Crippen LogP contribution in [0, 0.1) is 10.1 Å². The highest BCUT2D eigenvalue weighted by atomic mass is 35.5. The van der Waals surface area contributed by atoms with Gasteiger partial charge in [0, 0.05) is 25.2 Å². The summed E-state index contributed by atoms with van der Waals surface area (Å²) < 4.78 is 0. The van der Waals surface area contributed by atoms with E-state index in [1.165, 1.54) is 18.2 Å². The first-order valence-corrected chi connectivity index (χ1v) is 6.24. The van der Waals surface area contributed by atoms with Crippen molar-refractivity contribution in [3.63, 3.8) is 0 Å². The summed E-state index contributed by atoms with van der Waals surface area (Å²) >= 11 is 5.87. The Labute approximate surface area is 116 Å². The third kappa shape index (κ3) is 4.50. The second-order valence-corrected chi connectivity index (χ2v) is 4.48. The molecule has 0 aliphatic heterocycles. The van der Waals surface area contributed by atoms with Gasteiger partial charge in [-0.3, -0.25) is 14.9 Å². The summed E-state index contributed by atoms with van der Waals surface area (Å²) in [6.45, 7) is 4.06. The number of halogens is 1. The molecule has 1 N–H and O–H groups in total. The van der Waals surface area contributed by atoms with Crippen LogP contribution >= 0.6 is 11.6 Å². The van der Waals surface area contributed by atoms with E-state index in [4.69, 9.17) is 11.6 Å². The zero-order chi connectivity index (χ0) is 14.4. The van der Waals surface area contributed by atoms with E-state index in [1.54, 1.807) is 0 Å². The van der Waals surface area contributed by atoms with E-state index in [1.807, 2.05) is 18.9 Å². The van der Waals surface area contributed by atoms with Crippen LogP contribution in [0.3, 0.4) is 0 Å². The fourth-order valence-corrected chi connectivity index (χ4v) is 1.62. The maximum absolute atomic E-state index is 11.9. The van der Waals surface area contributed by atoms with Crippen molar-refractivity contribution in [2.45, 2.75) is 6.92 Å². The standard InChI is InChI=1S/C12H16ClN3O3/c1-3-15(2)7-6-14-12(17)10-8-9(16(18)19)4-5-11(10)13/h4-5,8H,3,6-7H2,1-2H3,(H,14,17). The van der Waals surface area contributed by atoms with Crippen LogP contribution in [0.25, 0.3) is 0 Å². The fourth-order valence-electron chi connectivity index (χ4n) is 1.41. The molecule has 0 radical (unpaired) electrons. The van der Waals surface area contributed by atoms with Crippen molar-refractivity contribution >= 4 is 23.2 Å². The molecule has 0 aliphatic rings. The molecule has 1 rings (SSSR count). The van der Waals surface area contributed by atoms with E-state index < -0.39 is 10.8 Å². The number of non-ortho nitro benzene ring substituents is 1. The van der Waals surface area contributed by atoms with E-state index in [-0.39, 0.29) is 16.3 Å². The number of carbonyl (C=O) groups is 1. The maximum Gasteiger partial charge on any atom is 0.270 e. The zero-order valence-electron chi connectivity index (χ0n) is 10.9. The van der Waals surface area contributed by atoms with Crippen LogP contribution in [-0.4, -0.2) is 42.4 Å². The van der Waals surface area contributed by atoms with Crippen molar-refractivity contribution in [2.24, 2.45) is 0 Å². The number of amides is 1. The minimum atomic E-state index is -0.558. The Balaban J connectivity index is 2.71. The smallest absolute Gasteiger partial charge is 0.270 e. The molecule has 7 heteroatoms. The van der Waals surface area contributed by atoms with Gasteiger partial charge >= 0.3 is 0 Å². The van der Waals surface area contributed by atoms with Gasteiger partial charge in [0.25, 0.3) is 11.6 Å². The number of rotatable bonds is 6. The zero-order valence-corrected chi connectivity index (χ0v) is 11.6. The molecule has 1 amide bonds. The fraction of sp³-hybridized carbons (Fsp3) is 0.417. The van der Waals surface area contributed by atoms with Crippen LogP contribution < -0.4 is 5.32 Å². The summed E-state index contributed by atoms with van der Waals surface area (Å²) in [6.07, 6.45) is 0. The minimum absolute atomic E-state index is 0.120. The topological polar surface area (TPSA) is 75.5 Å². The number of nitrogens with zero attached hydrogens (tertiary/aromatic N) is 2. The van der Waals surface area contributed by atoms with Gasteiger partial charge in [0.1, 0.15) is 0 Å². The molecule has 0 heterocycles. The third-order valence-electron chi connectivity index (χ3n) is 2.72. The minimum Gasteiger partial charge on any atom is -0.351 e. The molecule has 0 spiro atoms. The van der Waals surface area contributed by atoms with Gasteiger partial charge in [-0.05, 0) is 19.7 Å². The van der Waals surface area contributed by atoms with E-state index in [0.717, 1.165) is 6.54 Å². The quantitative estimate of drug-likeness (QED) is 0.640. The molecule has 0 fully saturated rings. The van der Waals surface area contributed by atoms with Crippen LogP contribution in [-0.2, 0) is 0 Å². The number of hydrogen-bond acceptors (Lipinski definition) is 4.